The average molecular weight is 423 g/mol. The predicted molar refractivity (Wildman–Crippen MR) is 110 cm³/mol. The van der Waals surface area contributed by atoms with Crippen LogP contribution in [-0.2, 0) is 16.4 Å². The molecule has 2 aromatic heterocycles. The fraction of sp³-hybridized carbons (Fsp3) is 0.0909. The fourth-order valence-electron chi connectivity index (χ4n) is 2.91. The molecule has 6 nitrogen and oxygen atoms in total. The van der Waals surface area contributed by atoms with Gasteiger partial charge < -0.3 is 9.73 Å². The van der Waals surface area contributed by atoms with E-state index in [1.807, 2.05) is 31.2 Å². The van der Waals surface area contributed by atoms with Crippen LogP contribution in [0.2, 0.25) is 0 Å². The molecule has 1 N–H and O–H groups in total. The number of aryl methyl sites for hydroxylation is 1. The highest BCUT2D eigenvalue weighted by atomic mass is 32.2. The Bertz CT molecular complexity index is 1270. The van der Waals surface area contributed by atoms with Crippen LogP contribution in [0.1, 0.15) is 11.1 Å². The van der Waals surface area contributed by atoms with Gasteiger partial charge in [-0.15, -0.1) is 0 Å². The van der Waals surface area contributed by atoms with E-state index in [4.69, 9.17) is 4.42 Å². The standard InChI is InChI=1S/C22H18FN3O3S/c1-15-4-2-6-17(12-15)20-26-22(30(27,28)19-9-7-18(23)8-10-19)21(29-20)25-14-16-5-3-11-24-13-16/h2-13,25H,14H2,1H3. The Balaban J connectivity index is 1.77. The second kappa shape index (κ2) is 8.08. The lowest BCUT2D eigenvalue weighted by atomic mass is 10.1. The minimum absolute atomic E-state index is 0.0136. The average Bonchev–Trinajstić information content (AvgIpc) is 3.19. The number of aromatic nitrogens is 2. The Labute approximate surface area is 173 Å². The number of oxazole rings is 1. The van der Waals surface area contributed by atoms with Gasteiger partial charge in [-0.2, -0.15) is 4.98 Å². The maximum absolute atomic E-state index is 13.3. The molecule has 0 unspecified atom stereocenters. The van der Waals surface area contributed by atoms with E-state index >= 15 is 0 Å². The van der Waals surface area contributed by atoms with Crippen molar-refractivity contribution >= 4 is 15.7 Å². The minimum atomic E-state index is -4.04. The van der Waals surface area contributed by atoms with Crippen molar-refractivity contribution in [2.24, 2.45) is 0 Å². The van der Waals surface area contributed by atoms with Gasteiger partial charge in [0.1, 0.15) is 5.82 Å². The number of hydrogen-bond acceptors (Lipinski definition) is 6. The van der Waals surface area contributed by atoms with E-state index in [1.165, 1.54) is 12.1 Å². The highest BCUT2D eigenvalue weighted by molar-refractivity contribution is 7.91. The molecule has 8 heteroatoms. The van der Waals surface area contributed by atoms with E-state index in [0.29, 0.717) is 12.1 Å². The molecule has 0 fully saturated rings. The Hall–Kier alpha value is -3.52. The molecule has 0 saturated carbocycles. The van der Waals surface area contributed by atoms with Crippen LogP contribution in [0.3, 0.4) is 0 Å². The maximum Gasteiger partial charge on any atom is 0.234 e. The van der Waals surface area contributed by atoms with Gasteiger partial charge in [0.15, 0.2) is 0 Å². The molecule has 4 rings (SSSR count). The van der Waals surface area contributed by atoms with Gasteiger partial charge in [-0.1, -0.05) is 23.8 Å². The van der Waals surface area contributed by atoms with Crippen molar-refractivity contribution < 1.29 is 17.2 Å². The summed E-state index contributed by atoms with van der Waals surface area (Å²) in [6, 6.07) is 15.6. The molecule has 30 heavy (non-hydrogen) atoms. The van der Waals surface area contributed by atoms with E-state index in [-0.39, 0.29) is 21.7 Å². The van der Waals surface area contributed by atoms with Crippen LogP contribution in [0.5, 0.6) is 0 Å². The summed E-state index contributed by atoms with van der Waals surface area (Å²) in [5.41, 5.74) is 2.48. The zero-order chi connectivity index (χ0) is 21.1. The summed E-state index contributed by atoms with van der Waals surface area (Å²) in [5.74, 6) is -0.336. The van der Waals surface area contributed by atoms with Gasteiger partial charge in [-0.3, -0.25) is 4.98 Å². The Morgan fingerprint density at radius 1 is 1.07 bits per heavy atom. The first kappa shape index (κ1) is 19.8. The quantitative estimate of drug-likeness (QED) is 0.455. The number of nitrogens with one attached hydrogen (secondary N) is 1. The van der Waals surface area contributed by atoms with Crippen molar-refractivity contribution in [2.45, 2.75) is 23.4 Å². The van der Waals surface area contributed by atoms with E-state index in [9.17, 15) is 12.8 Å². The number of benzene rings is 2. The van der Waals surface area contributed by atoms with Crippen LogP contribution >= 0.6 is 0 Å². The molecular formula is C22H18FN3O3S. The molecule has 0 aliphatic carbocycles. The number of anilines is 1. The first-order chi connectivity index (χ1) is 14.4. The Kier molecular flexibility index (Phi) is 5.33. The van der Waals surface area contributed by atoms with E-state index in [0.717, 1.165) is 23.3 Å². The van der Waals surface area contributed by atoms with Gasteiger partial charge in [0.2, 0.25) is 26.6 Å². The molecule has 2 heterocycles. The third kappa shape index (κ3) is 4.08. The number of nitrogens with zero attached hydrogens (tertiary/aromatic N) is 2. The van der Waals surface area contributed by atoms with Crippen LogP contribution in [-0.4, -0.2) is 18.4 Å². The van der Waals surface area contributed by atoms with Gasteiger partial charge in [-0.25, -0.2) is 12.8 Å². The molecule has 0 aliphatic rings. The SMILES string of the molecule is Cc1cccc(-c2nc(S(=O)(=O)c3ccc(F)cc3)c(NCc3cccnc3)o2)c1. The molecule has 0 radical (unpaired) electrons. The van der Waals surface area contributed by atoms with Crippen LogP contribution in [0.4, 0.5) is 10.3 Å². The largest absolute Gasteiger partial charge is 0.419 e. The molecule has 0 atom stereocenters. The summed E-state index contributed by atoms with van der Waals surface area (Å²) in [5, 5.41) is 2.74. The topological polar surface area (TPSA) is 85.1 Å². The monoisotopic (exact) mass is 423 g/mol. The zero-order valence-corrected chi connectivity index (χ0v) is 16.9. The Morgan fingerprint density at radius 3 is 2.57 bits per heavy atom. The van der Waals surface area contributed by atoms with Crippen LogP contribution in [0, 0.1) is 12.7 Å². The maximum atomic E-state index is 13.3. The minimum Gasteiger partial charge on any atom is -0.419 e. The first-order valence-corrected chi connectivity index (χ1v) is 10.6. The van der Waals surface area contributed by atoms with Crippen molar-refractivity contribution in [3.8, 4) is 11.5 Å². The van der Waals surface area contributed by atoms with Crippen molar-refractivity contribution in [3.63, 3.8) is 0 Å². The van der Waals surface area contributed by atoms with E-state index in [2.05, 4.69) is 15.3 Å². The lowest BCUT2D eigenvalue weighted by Gasteiger charge is -2.06. The summed E-state index contributed by atoms with van der Waals surface area (Å²) in [4.78, 5) is 8.25. The number of halogens is 1. The van der Waals surface area contributed by atoms with Crippen LogP contribution in [0.15, 0.2) is 87.4 Å². The molecule has 0 saturated heterocycles. The predicted octanol–water partition coefficient (Wildman–Crippen LogP) is 4.63. The molecule has 2 aromatic carbocycles. The van der Waals surface area contributed by atoms with E-state index < -0.39 is 15.7 Å². The third-order valence-corrected chi connectivity index (χ3v) is 6.09. The molecule has 4 aromatic rings. The molecule has 152 valence electrons. The fourth-order valence-corrected chi connectivity index (χ4v) is 4.19. The highest BCUT2D eigenvalue weighted by Crippen LogP contribution is 2.33. The van der Waals surface area contributed by atoms with Crippen LogP contribution < -0.4 is 5.32 Å². The van der Waals surface area contributed by atoms with Crippen LogP contribution in [0.25, 0.3) is 11.5 Å². The molecule has 0 aliphatic heterocycles. The van der Waals surface area contributed by atoms with Crippen molar-refractivity contribution in [1.82, 2.24) is 9.97 Å². The van der Waals surface area contributed by atoms with Gasteiger partial charge in [0, 0.05) is 24.5 Å². The smallest absolute Gasteiger partial charge is 0.234 e. The molecule has 0 bridgehead atoms. The number of pyridine rings is 1. The van der Waals surface area contributed by atoms with E-state index in [1.54, 1.807) is 24.5 Å². The molecular weight excluding hydrogens is 405 g/mol. The normalized spacial score (nSPS) is 11.4. The van der Waals surface area contributed by atoms with Crippen molar-refractivity contribution in [3.05, 3.63) is 90.0 Å². The number of sulfone groups is 1. The van der Waals surface area contributed by atoms with Gasteiger partial charge in [-0.05, 0) is 55.0 Å². The third-order valence-electron chi connectivity index (χ3n) is 4.42. The summed E-state index contributed by atoms with van der Waals surface area (Å²) >= 11 is 0. The summed E-state index contributed by atoms with van der Waals surface area (Å²) in [7, 11) is -4.04. The van der Waals surface area contributed by atoms with Crippen molar-refractivity contribution in [2.75, 3.05) is 5.32 Å². The summed E-state index contributed by atoms with van der Waals surface area (Å²) < 4.78 is 45.5. The van der Waals surface area contributed by atoms with Gasteiger partial charge in [0.25, 0.3) is 0 Å². The van der Waals surface area contributed by atoms with Gasteiger partial charge in [0.05, 0.1) is 4.90 Å². The summed E-state index contributed by atoms with van der Waals surface area (Å²) in [6.45, 7) is 2.21. The van der Waals surface area contributed by atoms with Gasteiger partial charge >= 0.3 is 0 Å². The Morgan fingerprint density at radius 2 is 1.87 bits per heavy atom. The lowest BCUT2D eigenvalue weighted by Crippen LogP contribution is -2.07. The second-order valence-corrected chi connectivity index (χ2v) is 8.56. The molecule has 0 amide bonds. The number of rotatable bonds is 6. The lowest BCUT2D eigenvalue weighted by molar-refractivity contribution is 0.576. The summed E-state index contributed by atoms with van der Waals surface area (Å²) in [6.07, 6.45) is 3.32. The van der Waals surface area contributed by atoms with Crippen molar-refractivity contribution in [1.29, 1.82) is 0 Å². The molecule has 0 spiro atoms. The zero-order valence-electron chi connectivity index (χ0n) is 16.0. The highest BCUT2D eigenvalue weighted by Gasteiger charge is 2.28. The first-order valence-electron chi connectivity index (χ1n) is 9.15. The second-order valence-electron chi connectivity index (χ2n) is 6.69. The number of hydrogen-bond donors (Lipinski definition) is 1.